The third-order valence-corrected chi connectivity index (χ3v) is 5.33. The Hall–Kier alpha value is -2.84. The van der Waals surface area contributed by atoms with Crippen LogP contribution in [-0.2, 0) is 12.8 Å². The lowest BCUT2D eigenvalue weighted by Crippen LogP contribution is -2.13. The zero-order valence-corrected chi connectivity index (χ0v) is 16.9. The number of aryl methyl sites for hydroxylation is 2. The quantitative estimate of drug-likeness (QED) is 0.353. The highest BCUT2D eigenvalue weighted by Gasteiger charge is 2.19. The summed E-state index contributed by atoms with van der Waals surface area (Å²) in [5, 5.41) is 1.79. The van der Waals surface area contributed by atoms with Crippen molar-refractivity contribution in [1.29, 1.82) is 0 Å². The summed E-state index contributed by atoms with van der Waals surface area (Å²) in [6.07, 6.45) is 3.91. The second-order valence-corrected chi connectivity index (χ2v) is 7.27. The molecule has 0 fully saturated rings. The first-order valence-corrected chi connectivity index (χ1v) is 10.1. The number of anilines is 3. The molecule has 4 aromatic rings. The molecule has 0 atom stereocenters. The molecule has 0 bridgehead atoms. The van der Waals surface area contributed by atoms with Gasteiger partial charge in [0.1, 0.15) is 0 Å². The van der Waals surface area contributed by atoms with Crippen molar-refractivity contribution in [2.24, 2.45) is 0 Å². The first-order chi connectivity index (χ1) is 13.7. The number of rotatable bonds is 5. The predicted octanol–water partition coefficient (Wildman–Crippen LogP) is 7.48. The summed E-state index contributed by atoms with van der Waals surface area (Å²) >= 11 is 6.38. The van der Waals surface area contributed by atoms with Crippen LogP contribution in [-0.4, -0.2) is 4.98 Å². The normalized spacial score (nSPS) is 11.0. The van der Waals surface area contributed by atoms with E-state index < -0.39 is 0 Å². The number of hydrogen-bond donors (Lipinski definition) is 0. The maximum Gasteiger partial charge on any atom is 0.0724 e. The first kappa shape index (κ1) is 18.5. The Labute approximate surface area is 171 Å². The van der Waals surface area contributed by atoms with E-state index in [9.17, 15) is 0 Å². The van der Waals surface area contributed by atoms with Crippen molar-refractivity contribution in [3.63, 3.8) is 0 Å². The Morgan fingerprint density at radius 3 is 2.21 bits per heavy atom. The summed E-state index contributed by atoms with van der Waals surface area (Å²) in [5.41, 5.74) is 6.86. The Kier molecular flexibility index (Phi) is 5.31. The van der Waals surface area contributed by atoms with E-state index in [1.165, 1.54) is 11.1 Å². The van der Waals surface area contributed by atoms with E-state index >= 15 is 0 Å². The number of fused-ring (bicyclic) bond motifs is 1. The minimum Gasteiger partial charge on any atom is -0.309 e. The van der Waals surface area contributed by atoms with Gasteiger partial charge in [-0.05, 0) is 66.4 Å². The van der Waals surface area contributed by atoms with Gasteiger partial charge < -0.3 is 4.90 Å². The zero-order chi connectivity index (χ0) is 19.5. The summed E-state index contributed by atoms with van der Waals surface area (Å²) in [6, 6.07) is 25.2. The molecule has 0 spiro atoms. The second-order valence-electron chi connectivity index (χ2n) is 6.84. The molecule has 0 radical (unpaired) electrons. The smallest absolute Gasteiger partial charge is 0.0724 e. The average Bonchev–Trinajstić information content (AvgIpc) is 2.75. The van der Waals surface area contributed by atoms with Crippen LogP contribution in [0.1, 0.15) is 25.0 Å². The monoisotopic (exact) mass is 386 g/mol. The average molecular weight is 387 g/mol. The molecule has 1 aromatic heterocycles. The van der Waals surface area contributed by atoms with Crippen molar-refractivity contribution >= 4 is 39.6 Å². The van der Waals surface area contributed by atoms with Crippen molar-refractivity contribution in [1.82, 2.24) is 4.98 Å². The van der Waals surface area contributed by atoms with Crippen molar-refractivity contribution in [3.8, 4) is 0 Å². The van der Waals surface area contributed by atoms with Gasteiger partial charge in [-0.2, -0.15) is 0 Å². The Morgan fingerprint density at radius 2 is 1.54 bits per heavy atom. The van der Waals surface area contributed by atoms with Crippen LogP contribution in [0.15, 0.2) is 79.0 Å². The molecule has 1 heterocycles. The Morgan fingerprint density at radius 1 is 0.821 bits per heavy atom. The molecule has 4 rings (SSSR count). The van der Waals surface area contributed by atoms with Crippen molar-refractivity contribution < 1.29 is 0 Å². The first-order valence-electron chi connectivity index (χ1n) is 9.72. The van der Waals surface area contributed by atoms with Crippen LogP contribution in [0.2, 0.25) is 5.02 Å². The molecule has 0 unspecified atom stereocenters. The van der Waals surface area contributed by atoms with E-state index in [1.54, 1.807) is 0 Å². The van der Waals surface area contributed by atoms with Crippen LogP contribution < -0.4 is 4.90 Å². The third-order valence-electron chi connectivity index (χ3n) is 5.10. The van der Waals surface area contributed by atoms with Crippen LogP contribution in [0, 0.1) is 0 Å². The van der Waals surface area contributed by atoms with Gasteiger partial charge >= 0.3 is 0 Å². The van der Waals surface area contributed by atoms with Gasteiger partial charge in [0.05, 0.1) is 11.2 Å². The highest BCUT2D eigenvalue weighted by molar-refractivity contribution is 6.31. The molecule has 140 valence electrons. The summed E-state index contributed by atoms with van der Waals surface area (Å²) in [7, 11) is 0. The molecule has 2 nitrogen and oxygen atoms in total. The van der Waals surface area contributed by atoms with Crippen molar-refractivity contribution in [2.75, 3.05) is 4.90 Å². The van der Waals surface area contributed by atoms with Crippen molar-refractivity contribution in [2.45, 2.75) is 26.7 Å². The highest BCUT2D eigenvalue weighted by Crippen LogP contribution is 2.41. The molecular weight excluding hydrogens is 364 g/mol. The van der Waals surface area contributed by atoms with Gasteiger partial charge in [-0.1, -0.05) is 55.8 Å². The fraction of sp³-hybridized carbons (Fsp3) is 0.160. The number of pyridine rings is 1. The fourth-order valence-corrected chi connectivity index (χ4v) is 3.75. The minimum absolute atomic E-state index is 0.721. The SMILES string of the molecule is CCc1ccc(N(c2ccccc2)c2c(CC)cnc3ccc(Cl)cc23)cc1. The van der Waals surface area contributed by atoms with Crippen LogP contribution in [0.25, 0.3) is 10.9 Å². The largest absolute Gasteiger partial charge is 0.309 e. The zero-order valence-electron chi connectivity index (χ0n) is 16.2. The van der Waals surface area contributed by atoms with Crippen LogP contribution in [0.3, 0.4) is 0 Å². The summed E-state index contributed by atoms with van der Waals surface area (Å²) in [6.45, 7) is 4.35. The van der Waals surface area contributed by atoms with Crippen molar-refractivity contribution in [3.05, 3.63) is 95.1 Å². The van der Waals surface area contributed by atoms with Crippen LogP contribution in [0.5, 0.6) is 0 Å². The van der Waals surface area contributed by atoms with E-state index in [0.717, 1.165) is 45.8 Å². The lowest BCUT2D eigenvalue weighted by molar-refractivity contribution is 1.10. The maximum atomic E-state index is 6.38. The van der Waals surface area contributed by atoms with Gasteiger partial charge in [-0.25, -0.2) is 0 Å². The molecule has 3 aromatic carbocycles. The molecule has 0 aliphatic carbocycles. The van der Waals surface area contributed by atoms with E-state index in [4.69, 9.17) is 11.6 Å². The van der Waals surface area contributed by atoms with Crippen LogP contribution >= 0.6 is 11.6 Å². The topological polar surface area (TPSA) is 16.1 Å². The molecule has 0 aliphatic heterocycles. The van der Waals surface area contributed by atoms with Gasteiger partial charge in [-0.3, -0.25) is 4.98 Å². The van der Waals surface area contributed by atoms with Gasteiger partial charge in [-0.15, -0.1) is 0 Å². The number of aromatic nitrogens is 1. The number of para-hydroxylation sites is 1. The number of halogens is 1. The van der Waals surface area contributed by atoms with Gasteiger partial charge in [0.15, 0.2) is 0 Å². The molecule has 28 heavy (non-hydrogen) atoms. The fourth-order valence-electron chi connectivity index (χ4n) is 3.58. The number of hydrogen-bond acceptors (Lipinski definition) is 2. The summed E-state index contributed by atoms with van der Waals surface area (Å²) < 4.78 is 0. The molecule has 0 aliphatic rings. The third kappa shape index (κ3) is 3.48. The van der Waals surface area contributed by atoms with E-state index in [1.807, 2.05) is 30.5 Å². The van der Waals surface area contributed by atoms with E-state index in [0.29, 0.717) is 0 Å². The van der Waals surface area contributed by atoms with Gasteiger partial charge in [0.2, 0.25) is 0 Å². The summed E-state index contributed by atoms with van der Waals surface area (Å²) in [4.78, 5) is 6.98. The van der Waals surface area contributed by atoms with Gasteiger partial charge in [0, 0.05) is 28.0 Å². The minimum atomic E-state index is 0.721. The lowest BCUT2D eigenvalue weighted by Gasteiger charge is -2.29. The van der Waals surface area contributed by atoms with E-state index in [-0.39, 0.29) is 0 Å². The maximum absolute atomic E-state index is 6.38. The van der Waals surface area contributed by atoms with Gasteiger partial charge in [0.25, 0.3) is 0 Å². The molecule has 0 saturated heterocycles. The lowest BCUT2D eigenvalue weighted by atomic mass is 10.0. The second kappa shape index (κ2) is 8.04. The molecule has 0 saturated carbocycles. The Bertz CT molecular complexity index is 1090. The molecule has 3 heteroatoms. The number of nitrogens with zero attached hydrogens (tertiary/aromatic N) is 2. The Balaban J connectivity index is 2.02. The molecule has 0 amide bonds. The predicted molar refractivity (Wildman–Crippen MR) is 120 cm³/mol. The number of benzene rings is 3. The van der Waals surface area contributed by atoms with Crippen LogP contribution in [0.4, 0.5) is 17.1 Å². The standard InChI is InChI=1S/C25H23ClN2/c1-3-18-10-13-22(14-11-18)28(21-8-6-5-7-9-21)25-19(4-2)17-27-24-15-12-20(26)16-23(24)25/h5-17H,3-4H2,1-2H3. The summed E-state index contributed by atoms with van der Waals surface area (Å²) in [5.74, 6) is 0. The molecular formula is C25H23ClN2. The molecule has 0 N–H and O–H groups in total. The highest BCUT2D eigenvalue weighted by atomic mass is 35.5. The van der Waals surface area contributed by atoms with E-state index in [2.05, 4.69) is 72.3 Å².